The first-order valence-corrected chi connectivity index (χ1v) is 7.19. The van der Waals surface area contributed by atoms with Crippen molar-refractivity contribution < 1.29 is 23.1 Å². The maximum atomic E-state index is 13.3. The first kappa shape index (κ1) is 16.8. The number of carbonyl (C=O) groups excluding carboxylic acids is 1. The van der Waals surface area contributed by atoms with Crippen LogP contribution < -0.4 is 5.32 Å². The van der Waals surface area contributed by atoms with Gasteiger partial charge in [-0.1, -0.05) is 0 Å². The number of carbonyl (C=O) groups is 1. The minimum Gasteiger partial charge on any atom is -0.394 e. The number of aliphatic hydroxyl groups excluding tert-OH is 1. The zero-order valence-corrected chi connectivity index (χ0v) is 12.3. The summed E-state index contributed by atoms with van der Waals surface area (Å²) in [7, 11) is 0. The highest BCUT2D eigenvalue weighted by Gasteiger charge is 2.24. The molecule has 1 heterocycles. The van der Waals surface area contributed by atoms with Crippen molar-refractivity contribution in [2.45, 2.75) is 31.8 Å². The van der Waals surface area contributed by atoms with Gasteiger partial charge in [0.2, 0.25) is 5.91 Å². The van der Waals surface area contributed by atoms with E-state index in [1.165, 1.54) is 6.92 Å². The SMILES string of the molecule is CC(=O)N1CCC(NC(CO)c2cc(F)c(F)c(F)c2)CC1. The lowest BCUT2D eigenvalue weighted by atomic mass is 10.0. The Morgan fingerprint density at radius 2 is 1.86 bits per heavy atom. The third-order valence-electron chi connectivity index (χ3n) is 3.97. The maximum Gasteiger partial charge on any atom is 0.219 e. The number of benzene rings is 1. The van der Waals surface area contributed by atoms with Gasteiger partial charge in [0.05, 0.1) is 12.6 Å². The second-order valence-corrected chi connectivity index (χ2v) is 5.48. The van der Waals surface area contributed by atoms with Crippen molar-refractivity contribution in [1.82, 2.24) is 10.2 Å². The van der Waals surface area contributed by atoms with Crippen LogP contribution in [0.1, 0.15) is 31.4 Å². The molecule has 1 amide bonds. The largest absolute Gasteiger partial charge is 0.394 e. The van der Waals surface area contributed by atoms with Crippen LogP contribution in [0.5, 0.6) is 0 Å². The number of halogens is 3. The zero-order chi connectivity index (χ0) is 16.3. The van der Waals surface area contributed by atoms with E-state index in [9.17, 15) is 23.1 Å². The summed E-state index contributed by atoms with van der Waals surface area (Å²) >= 11 is 0. The van der Waals surface area contributed by atoms with Gasteiger partial charge in [-0.3, -0.25) is 4.79 Å². The molecule has 0 aromatic heterocycles. The molecule has 1 aromatic carbocycles. The van der Waals surface area contributed by atoms with Crippen LogP contribution in [0.15, 0.2) is 12.1 Å². The minimum atomic E-state index is -1.52. The molecule has 2 N–H and O–H groups in total. The predicted octanol–water partition coefficient (Wildman–Crippen LogP) is 1.74. The molecule has 1 aliphatic heterocycles. The van der Waals surface area contributed by atoms with Gasteiger partial charge in [-0.25, -0.2) is 13.2 Å². The first-order chi connectivity index (χ1) is 10.4. The maximum absolute atomic E-state index is 13.3. The Morgan fingerprint density at radius 1 is 1.32 bits per heavy atom. The van der Waals surface area contributed by atoms with Crippen LogP contribution in [0, 0.1) is 17.5 Å². The molecule has 0 saturated carbocycles. The van der Waals surface area contributed by atoms with Gasteiger partial charge >= 0.3 is 0 Å². The van der Waals surface area contributed by atoms with Gasteiger partial charge in [0.25, 0.3) is 0 Å². The van der Waals surface area contributed by atoms with Gasteiger partial charge in [-0.2, -0.15) is 0 Å². The van der Waals surface area contributed by atoms with Gasteiger partial charge < -0.3 is 15.3 Å². The number of piperidine rings is 1. The Morgan fingerprint density at radius 3 is 2.32 bits per heavy atom. The van der Waals surface area contributed by atoms with E-state index in [4.69, 9.17) is 0 Å². The lowest BCUT2D eigenvalue weighted by molar-refractivity contribution is -0.129. The summed E-state index contributed by atoms with van der Waals surface area (Å²) in [4.78, 5) is 13.0. The number of nitrogens with zero attached hydrogens (tertiary/aromatic N) is 1. The summed E-state index contributed by atoms with van der Waals surface area (Å²) in [6.45, 7) is 2.33. The Hall–Kier alpha value is -1.60. The van der Waals surface area contributed by atoms with E-state index in [1.54, 1.807) is 4.90 Å². The number of amides is 1. The van der Waals surface area contributed by atoms with Crippen molar-refractivity contribution in [3.63, 3.8) is 0 Å². The molecule has 0 aliphatic carbocycles. The fraction of sp³-hybridized carbons (Fsp3) is 0.533. The molecule has 1 unspecified atom stereocenters. The molecule has 1 aliphatic rings. The highest BCUT2D eigenvalue weighted by molar-refractivity contribution is 5.73. The zero-order valence-electron chi connectivity index (χ0n) is 12.3. The van der Waals surface area contributed by atoms with Crippen LogP contribution in [0.4, 0.5) is 13.2 Å². The summed E-state index contributed by atoms with van der Waals surface area (Å²) in [6.07, 6.45) is 1.37. The number of likely N-dealkylation sites (tertiary alicyclic amines) is 1. The summed E-state index contributed by atoms with van der Waals surface area (Å²) in [5.41, 5.74) is 0.160. The van der Waals surface area contributed by atoms with E-state index < -0.39 is 23.5 Å². The molecule has 7 heteroatoms. The van der Waals surface area contributed by atoms with Crippen LogP contribution in [-0.2, 0) is 4.79 Å². The summed E-state index contributed by atoms with van der Waals surface area (Å²) in [5, 5.41) is 12.5. The van der Waals surface area contributed by atoms with Gasteiger partial charge in [0.15, 0.2) is 17.5 Å². The third kappa shape index (κ3) is 3.78. The van der Waals surface area contributed by atoms with E-state index in [0.717, 1.165) is 12.1 Å². The van der Waals surface area contributed by atoms with Crippen LogP contribution in [-0.4, -0.2) is 41.7 Å². The van der Waals surface area contributed by atoms with E-state index in [2.05, 4.69) is 5.32 Å². The van der Waals surface area contributed by atoms with Gasteiger partial charge in [-0.15, -0.1) is 0 Å². The lowest BCUT2D eigenvalue weighted by Crippen LogP contribution is -2.45. The molecule has 1 atom stereocenters. The normalized spacial score (nSPS) is 17.6. The molecular weight excluding hydrogens is 297 g/mol. The molecule has 0 spiro atoms. The molecule has 122 valence electrons. The van der Waals surface area contributed by atoms with Crippen molar-refractivity contribution in [3.05, 3.63) is 35.1 Å². The summed E-state index contributed by atoms with van der Waals surface area (Å²) in [5.74, 6) is -4.06. The molecule has 1 fully saturated rings. The van der Waals surface area contributed by atoms with Gasteiger partial charge in [0, 0.05) is 26.1 Å². The molecule has 1 aromatic rings. The quantitative estimate of drug-likeness (QED) is 0.832. The van der Waals surface area contributed by atoms with Crippen LogP contribution >= 0.6 is 0 Å². The van der Waals surface area contributed by atoms with Crippen molar-refractivity contribution in [1.29, 1.82) is 0 Å². The smallest absolute Gasteiger partial charge is 0.219 e. The van der Waals surface area contributed by atoms with Gasteiger partial charge in [0.1, 0.15) is 0 Å². The van der Waals surface area contributed by atoms with Crippen molar-refractivity contribution in [2.24, 2.45) is 0 Å². The van der Waals surface area contributed by atoms with E-state index in [-0.39, 0.29) is 24.1 Å². The molecule has 0 bridgehead atoms. The highest BCUT2D eigenvalue weighted by Crippen LogP contribution is 2.21. The lowest BCUT2D eigenvalue weighted by Gasteiger charge is -2.34. The van der Waals surface area contributed by atoms with Crippen LogP contribution in [0.3, 0.4) is 0 Å². The molecule has 4 nitrogen and oxygen atoms in total. The van der Waals surface area contributed by atoms with Gasteiger partial charge in [-0.05, 0) is 30.5 Å². The topological polar surface area (TPSA) is 52.6 Å². The van der Waals surface area contributed by atoms with Crippen molar-refractivity contribution >= 4 is 5.91 Å². The number of aliphatic hydroxyl groups is 1. The van der Waals surface area contributed by atoms with Crippen LogP contribution in [0.25, 0.3) is 0 Å². The number of hydrogen-bond donors (Lipinski definition) is 2. The van der Waals surface area contributed by atoms with E-state index in [0.29, 0.717) is 25.9 Å². The van der Waals surface area contributed by atoms with E-state index >= 15 is 0 Å². The Bertz CT molecular complexity index is 523. The summed E-state index contributed by atoms with van der Waals surface area (Å²) < 4.78 is 39.6. The number of hydrogen-bond acceptors (Lipinski definition) is 3. The standard InChI is InChI=1S/C15H19F3N2O2/c1-9(22)20-4-2-11(3-5-20)19-14(8-21)10-6-12(16)15(18)13(17)7-10/h6-7,11,14,19,21H,2-5,8H2,1H3. The van der Waals surface area contributed by atoms with Crippen molar-refractivity contribution in [3.8, 4) is 0 Å². The molecule has 0 radical (unpaired) electrons. The third-order valence-corrected chi connectivity index (χ3v) is 3.97. The fourth-order valence-electron chi connectivity index (χ4n) is 2.68. The molecule has 1 saturated heterocycles. The highest BCUT2D eigenvalue weighted by atomic mass is 19.2. The minimum absolute atomic E-state index is 0.0137. The Labute approximate surface area is 126 Å². The number of nitrogens with one attached hydrogen (secondary N) is 1. The van der Waals surface area contributed by atoms with E-state index in [1.807, 2.05) is 0 Å². The number of rotatable bonds is 4. The predicted molar refractivity (Wildman–Crippen MR) is 74.6 cm³/mol. The summed E-state index contributed by atoms with van der Waals surface area (Å²) in [6, 6.07) is 1.11. The average molecular weight is 316 g/mol. The Balaban J connectivity index is 2.03. The average Bonchev–Trinajstić information content (AvgIpc) is 2.50. The molecule has 2 rings (SSSR count). The van der Waals surface area contributed by atoms with Crippen LogP contribution in [0.2, 0.25) is 0 Å². The Kier molecular flexibility index (Phi) is 5.42. The van der Waals surface area contributed by atoms with Crippen molar-refractivity contribution in [2.75, 3.05) is 19.7 Å². The molecule has 22 heavy (non-hydrogen) atoms. The first-order valence-electron chi connectivity index (χ1n) is 7.19. The fourth-order valence-corrected chi connectivity index (χ4v) is 2.68. The second-order valence-electron chi connectivity index (χ2n) is 5.48. The molecular formula is C15H19F3N2O2. The monoisotopic (exact) mass is 316 g/mol. The second kappa shape index (κ2) is 7.11.